The van der Waals surface area contributed by atoms with E-state index in [1.54, 1.807) is 0 Å². The maximum atomic E-state index is 11.3. The summed E-state index contributed by atoms with van der Waals surface area (Å²) >= 11 is 0. The van der Waals surface area contributed by atoms with Crippen LogP contribution in [0.5, 0.6) is 0 Å². The van der Waals surface area contributed by atoms with Crippen LogP contribution in [0.1, 0.15) is 25.7 Å². The molecule has 0 aromatic carbocycles. The number of rotatable bonds is 5. The minimum atomic E-state index is -0.685. The lowest BCUT2D eigenvalue weighted by atomic mass is 9.93. The van der Waals surface area contributed by atoms with Crippen LogP contribution in [-0.2, 0) is 9.53 Å². The third-order valence-electron chi connectivity index (χ3n) is 2.75. The second-order valence-corrected chi connectivity index (χ2v) is 3.85. The van der Waals surface area contributed by atoms with Gasteiger partial charge in [0.1, 0.15) is 0 Å². The largest absolute Gasteiger partial charge is 0.394 e. The summed E-state index contributed by atoms with van der Waals surface area (Å²) in [6.45, 7) is 1.38. The van der Waals surface area contributed by atoms with Crippen molar-refractivity contribution < 1.29 is 14.6 Å². The van der Waals surface area contributed by atoms with Crippen LogP contribution < -0.4 is 5.73 Å². The third kappa shape index (κ3) is 3.74. The van der Waals surface area contributed by atoms with E-state index in [1.165, 1.54) is 0 Å². The zero-order valence-electron chi connectivity index (χ0n) is 8.45. The van der Waals surface area contributed by atoms with E-state index in [0.29, 0.717) is 12.3 Å². The van der Waals surface area contributed by atoms with Gasteiger partial charge in [0.25, 0.3) is 0 Å². The standard InChI is InChI=1S/C10H19NO3/c11-9(7-12)10(13)2-1-8-3-5-14-6-4-8/h8-9,12H,1-7,11H2. The number of carbonyl (C=O) groups is 1. The van der Waals surface area contributed by atoms with E-state index in [1.807, 2.05) is 0 Å². The van der Waals surface area contributed by atoms with E-state index in [2.05, 4.69) is 0 Å². The van der Waals surface area contributed by atoms with Gasteiger partial charge in [-0.05, 0) is 25.2 Å². The average molecular weight is 201 g/mol. The Hall–Kier alpha value is -0.450. The predicted molar refractivity (Wildman–Crippen MR) is 52.8 cm³/mol. The van der Waals surface area contributed by atoms with Crippen molar-refractivity contribution in [3.05, 3.63) is 0 Å². The fourth-order valence-electron chi connectivity index (χ4n) is 1.67. The molecule has 1 saturated heterocycles. The summed E-state index contributed by atoms with van der Waals surface area (Å²) in [5.41, 5.74) is 5.41. The molecule has 0 aliphatic carbocycles. The van der Waals surface area contributed by atoms with Crippen molar-refractivity contribution in [3.8, 4) is 0 Å². The second-order valence-electron chi connectivity index (χ2n) is 3.85. The Morgan fingerprint density at radius 2 is 2.14 bits per heavy atom. The topological polar surface area (TPSA) is 72.5 Å². The third-order valence-corrected chi connectivity index (χ3v) is 2.75. The maximum Gasteiger partial charge on any atom is 0.151 e. The van der Waals surface area contributed by atoms with E-state index in [0.717, 1.165) is 32.5 Å². The van der Waals surface area contributed by atoms with Gasteiger partial charge in [-0.25, -0.2) is 0 Å². The van der Waals surface area contributed by atoms with Gasteiger partial charge in [-0.1, -0.05) is 0 Å². The molecule has 0 radical (unpaired) electrons. The quantitative estimate of drug-likeness (QED) is 0.661. The zero-order valence-corrected chi connectivity index (χ0v) is 8.45. The molecular formula is C10H19NO3. The summed E-state index contributed by atoms with van der Waals surface area (Å²) in [6.07, 6.45) is 3.46. The van der Waals surface area contributed by atoms with Gasteiger partial charge in [-0.15, -0.1) is 0 Å². The molecule has 1 aliphatic heterocycles. The van der Waals surface area contributed by atoms with Crippen LogP contribution in [0, 0.1) is 5.92 Å². The molecule has 1 rings (SSSR count). The molecule has 0 amide bonds. The van der Waals surface area contributed by atoms with Crippen molar-refractivity contribution >= 4 is 5.78 Å². The lowest BCUT2D eigenvalue weighted by Gasteiger charge is -2.21. The van der Waals surface area contributed by atoms with E-state index in [-0.39, 0.29) is 12.4 Å². The van der Waals surface area contributed by atoms with Crippen molar-refractivity contribution in [2.45, 2.75) is 31.7 Å². The van der Waals surface area contributed by atoms with E-state index in [4.69, 9.17) is 15.6 Å². The Morgan fingerprint density at radius 1 is 1.50 bits per heavy atom. The highest BCUT2D eigenvalue weighted by molar-refractivity contribution is 5.83. The van der Waals surface area contributed by atoms with Crippen LogP contribution >= 0.6 is 0 Å². The summed E-state index contributed by atoms with van der Waals surface area (Å²) in [6, 6.07) is -0.685. The average Bonchev–Trinajstić information content (AvgIpc) is 2.26. The number of hydrogen-bond donors (Lipinski definition) is 2. The summed E-state index contributed by atoms with van der Waals surface area (Å²) in [4.78, 5) is 11.3. The zero-order chi connectivity index (χ0) is 10.4. The van der Waals surface area contributed by atoms with Crippen molar-refractivity contribution in [1.82, 2.24) is 0 Å². The van der Waals surface area contributed by atoms with Gasteiger partial charge in [0.2, 0.25) is 0 Å². The Bertz CT molecular complexity index is 178. The SMILES string of the molecule is NC(CO)C(=O)CCC1CCOCC1. The summed E-state index contributed by atoms with van der Waals surface area (Å²) < 4.78 is 5.23. The highest BCUT2D eigenvalue weighted by Crippen LogP contribution is 2.20. The van der Waals surface area contributed by atoms with Crippen LogP contribution in [-0.4, -0.2) is 36.8 Å². The molecule has 82 valence electrons. The van der Waals surface area contributed by atoms with Gasteiger partial charge >= 0.3 is 0 Å². The van der Waals surface area contributed by atoms with E-state index < -0.39 is 6.04 Å². The predicted octanol–water partition coefficient (Wildman–Crippen LogP) is 0.0819. The summed E-state index contributed by atoms with van der Waals surface area (Å²) in [7, 11) is 0. The number of nitrogens with two attached hydrogens (primary N) is 1. The molecule has 0 aromatic heterocycles. The van der Waals surface area contributed by atoms with Gasteiger partial charge < -0.3 is 15.6 Å². The first-order valence-corrected chi connectivity index (χ1v) is 5.21. The highest BCUT2D eigenvalue weighted by atomic mass is 16.5. The second kappa shape index (κ2) is 6.11. The van der Waals surface area contributed by atoms with Gasteiger partial charge in [0.15, 0.2) is 5.78 Å². The molecule has 0 aromatic rings. The van der Waals surface area contributed by atoms with Crippen molar-refractivity contribution in [1.29, 1.82) is 0 Å². The van der Waals surface area contributed by atoms with Gasteiger partial charge in [0, 0.05) is 19.6 Å². The van der Waals surface area contributed by atoms with Crippen molar-refractivity contribution in [2.24, 2.45) is 11.7 Å². The number of aliphatic hydroxyl groups excluding tert-OH is 1. The first-order valence-electron chi connectivity index (χ1n) is 5.21. The lowest BCUT2D eigenvalue weighted by molar-refractivity contribution is -0.121. The maximum absolute atomic E-state index is 11.3. The molecule has 1 heterocycles. The van der Waals surface area contributed by atoms with Gasteiger partial charge in [-0.3, -0.25) is 4.79 Å². The lowest BCUT2D eigenvalue weighted by Crippen LogP contribution is -2.34. The number of carbonyl (C=O) groups excluding carboxylic acids is 1. The first kappa shape index (κ1) is 11.6. The van der Waals surface area contributed by atoms with Crippen LogP contribution in [0.2, 0.25) is 0 Å². The van der Waals surface area contributed by atoms with E-state index >= 15 is 0 Å². The van der Waals surface area contributed by atoms with Gasteiger partial charge in [-0.2, -0.15) is 0 Å². The Morgan fingerprint density at radius 3 is 2.71 bits per heavy atom. The van der Waals surface area contributed by atoms with Crippen molar-refractivity contribution in [2.75, 3.05) is 19.8 Å². The first-order chi connectivity index (χ1) is 6.74. The number of Topliss-reactive ketones (excluding diaryl/α,β-unsaturated/α-hetero) is 1. The molecule has 0 bridgehead atoms. The smallest absolute Gasteiger partial charge is 0.151 e. The Labute approximate surface area is 84.4 Å². The molecule has 0 spiro atoms. The minimum Gasteiger partial charge on any atom is -0.394 e. The van der Waals surface area contributed by atoms with Crippen LogP contribution in [0.25, 0.3) is 0 Å². The van der Waals surface area contributed by atoms with E-state index in [9.17, 15) is 4.79 Å². The van der Waals surface area contributed by atoms with Crippen molar-refractivity contribution in [3.63, 3.8) is 0 Å². The molecule has 0 saturated carbocycles. The molecule has 3 N–H and O–H groups in total. The molecule has 14 heavy (non-hydrogen) atoms. The van der Waals surface area contributed by atoms with Crippen LogP contribution in [0.4, 0.5) is 0 Å². The van der Waals surface area contributed by atoms with Crippen LogP contribution in [0.15, 0.2) is 0 Å². The molecule has 1 aliphatic rings. The summed E-state index contributed by atoms with van der Waals surface area (Å²) in [5.74, 6) is 0.567. The normalized spacial score (nSPS) is 20.7. The molecular weight excluding hydrogens is 182 g/mol. The number of ether oxygens (including phenoxy) is 1. The monoisotopic (exact) mass is 201 g/mol. The Balaban J connectivity index is 2.15. The molecule has 4 nitrogen and oxygen atoms in total. The fraction of sp³-hybridized carbons (Fsp3) is 0.900. The van der Waals surface area contributed by atoms with Crippen LogP contribution in [0.3, 0.4) is 0 Å². The van der Waals surface area contributed by atoms with Gasteiger partial charge in [0.05, 0.1) is 12.6 Å². The number of hydrogen-bond acceptors (Lipinski definition) is 4. The fourth-order valence-corrected chi connectivity index (χ4v) is 1.67. The Kier molecular flexibility index (Phi) is 5.07. The highest BCUT2D eigenvalue weighted by Gasteiger charge is 2.17. The minimum absolute atomic E-state index is 0.0287. The summed E-state index contributed by atoms with van der Waals surface area (Å²) in [5, 5.41) is 8.68. The molecule has 1 fully saturated rings. The molecule has 1 atom stereocenters. The number of aliphatic hydroxyl groups is 1. The molecule has 4 heteroatoms. The molecule has 1 unspecified atom stereocenters. The number of ketones is 1.